The Balaban J connectivity index is 1.86. The predicted molar refractivity (Wildman–Crippen MR) is 89.4 cm³/mol. The maximum Gasteiger partial charge on any atom is 0.229 e. The summed E-state index contributed by atoms with van der Waals surface area (Å²) in [6, 6.07) is 0. The molecule has 3 fully saturated rings. The Kier molecular flexibility index (Phi) is 4.05. The minimum absolute atomic E-state index is 0.137. The minimum atomic E-state index is -3.10. The van der Waals surface area contributed by atoms with Crippen LogP contribution in [-0.2, 0) is 14.8 Å². The summed E-state index contributed by atoms with van der Waals surface area (Å²) in [5.74, 6) is 0.617. The number of piperidine rings is 1. The summed E-state index contributed by atoms with van der Waals surface area (Å²) in [6.45, 7) is 3.00. The number of amides is 1. The van der Waals surface area contributed by atoms with Gasteiger partial charge in [0.2, 0.25) is 15.9 Å². The Morgan fingerprint density at radius 1 is 1.13 bits per heavy atom. The molecule has 0 aromatic heterocycles. The fourth-order valence-corrected chi connectivity index (χ4v) is 6.30. The van der Waals surface area contributed by atoms with Crippen molar-refractivity contribution < 1.29 is 13.2 Å². The smallest absolute Gasteiger partial charge is 0.229 e. The highest BCUT2D eigenvalue weighted by atomic mass is 32.2. The number of likely N-dealkylation sites (tertiary alicyclic amines) is 1. The highest BCUT2D eigenvalue weighted by molar-refractivity contribution is 7.88. The summed E-state index contributed by atoms with van der Waals surface area (Å²) in [5.41, 5.74) is -0.122. The molecule has 1 aliphatic carbocycles. The lowest BCUT2D eigenvalue weighted by atomic mass is 9.66. The van der Waals surface area contributed by atoms with Gasteiger partial charge in [0.15, 0.2) is 0 Å². The summed E-state index contributed by atoms with van der Waals surface area (Å²) in [6.07, 6.45) is 5.07. The maximum atomic E-state index is 12.9. The van der Waals surface area contributed by atoms with Crippen LogP contribution >= 0.6 is 0 Å². The van der Waals surface area contributed by atoms with Gasteiger partial charge in [-0.15, -0.1) is 0 Å². The zero-order valence-electron chi connectivity index (χ0n) is 14.7. The molecular formula is C16H29N3O3S. The minimum Gasteiger partial charge on any atom is -0.348 e. The molecule has 1 amide bonds. The topological polar surface area (TPSA) is 60.9 Å². The van der Waals surface area contributed by atoms with Gasteiger partial charge >= 0.3 is 0 Å². The average Bonchev–Trinajstić information content (AvgIpc) is 2.94. The van der Waals surface area contributed by atoms with Crippen molar-refractivity contribution in [1.82, 2.24) is 14.1 Å². The fourth-order valence-electron chi connectivity index (χ4n) is 5.45. The van der Waals surface area contributed by atoms with E-state index in [9.17, 15) is 13.2 Å². The van der Waals surface area contributed by atoms with Crippen LogP contribution in [0.5, 0.6) is 0 Å². The second kappa shape index (κ2) is 5.43. The SMILES string of the molecule is CN1C[C@@H]2C3(CCN(S(C)(=O)=O)CC3)CC[C@]2(C(=O)N(C)C)C1. The van der Waals surface area contributed by atoms with Gasteiger partial charge in [-0.3, -0.25) is 4.79 Å². The Hall–Kier alpha value is -0.660. The van der Waals surface area contributed by atoms with Crippen LogP contribution < -0.4 is 0 Å². The van der Waals surface area contributed by atoms with Crippen LogP contribution in [0.2, 0.25) is 0 Å². The van der Waals surface area contributed by atoms with E-state index in [1.807, 2.05) is 14.1 Å². The molecule has 0 radical (unpaired) electrons. The molecule has 0 aromatic carbocycles. The molecular weight excluding hydrogens is 314 g/mol. The standard InChI is InChI=1S/C16H29N3O3S/c1-17(2)14(20)16-6-5-15(13(16)11-18(3)12-16)7-9-19(10-8-15)23(4,21)22/h13H,5-12H2,1-4H3/t13-,16+/m1/s1. The molecule has 7 heteroatoms. The van der Waals surface area contributed by atoms with Gasteiger partial charge < -0.3 is 9.80 Å². The lowest BCUT2D eigenvalue weighted by Crippen LogP contribution is -2.49. The van der Waals surface area contributed by atoms with Crippen molar-refractivity contribution >= 4 is 15.9 Å². The van der Waals surface area contributed by atoms with Crippen molar-refractivity contribution in [1.29, 1.82) is 0 Å². The molecule has 0 unspecified atom stereocenters. The molecule has 0 N–H and O–H groups in total. The van der Waals surface area contributed by atoms with Gasteiger partial charge in [0.05, 0.1) is 11.7 Å². The molecule has 2 aliphatic heterocycles. The number of fused-ring (bicyclic) bond motifs is 2. The van der Waals surface area contributed by atoms with Crippen molar-refractivity contribution in [3.8, 4) is 0 Å². The number of hydrogen-bond donors (Lipinski definition) is 0. The van der Waals surface area contributed by atoms with Crippen molar-refractivity contribution in [2.24, 2.45) is 16.7 Å². The molecule has 2 heterocycles. The molecule has 2 atom stereocenters. The van der Waals surface area contributed by atoms with Crippen LogP contribution in [0, 0.1) is 16.7 Å². The first-order chi connectivity index (χ1) is 10.6. The Bertz CT molecular complexity index is 596. The molecule has 0 bridgehead atoms. The second-order valence-corrected chi connectivity index (χ2v) is 10.1. The van der Waals surface area contributed by atoms with Crippen LogP contribution in [0.3, 0.4) is 0 Å². The molecule has 2 saturated heterocycles. The van der Waals surface area contributed by atoms with Crippen LogP contribution in [0.25, 0.3) is 0 Å². The van der Waals surface area contributed by atoms with Gasteiger partial charge in [-0.05, 0) is 44.1 Å². The van der Waals surface area contributed by atoms with Crippen LogP contribution in [0.15, 0.2) is 0 Å². The summed E-state index contributed by atoms with van der Waals surface area (Å²) in [7, 11) is 2.70. The van der Waals surface area contributed by atoms with E-state index in [0.717, 1.165) is 38.8 Å². The predicted octanol–water partition coefficient (Wildman–Crippen LogP) is 0.458. The highest BCUT2D eigenvalue weighted by Gasteiger charge is 2.64. The molecule has 1 spiro atoms. The molecule has 3 rings (SSSR count). The van der Waals surface area contributed by atoms with Gasteiger partial charge in [-0.1, -0.05) is 0 Å². The number of carbonyl (C=O) groups is 1. The second-order valence-electron chi connectivity index (χ2n) is 8.13. The quantitative estimate of drug-likeness (QED) is 0.731. The lowest BCUT2D eigenvalue weighted by molar-refractivity contribution is -0.141. The van der Waals surface area contributed by atoms with E-state index in [1.165, 1.54) is 6.26 Å². The van der Waals surface area contributed by atoms with Crippen LogP contribution in [0.1, 0.15) is 25.7 Å². The van der Waals surface area contributed by atoms with Crippen molar-refractivity contribution in [3.05, 3.63) is 0 Å². The lowest BCUT2D eigenvalue weighted by Gasteiger charge is -2.44. The Labute approximate surface area is 139 Å². The summed E-state index contributed by atoms with van der Waals surface area (Å²) >= 11 is 0. The van der Waals surface area contributed by atoms with E-state index in [-0.39, 0.29) is 16.7 Å². The molecule has 3 aliphatic rings. The third kappa shape index (κ3) is 2.61. The number of hydrogen-bond acceptors (Lipinski definition) is 4. The zero-order valence-corrected chi connectivity index (χ0v) is 15.5. The zero-order chi connectivity index (χ0) is 17.0. The first-order valence-corrected chi connectivity index (χ1v) is 10.3. The highest BCUT2D eigenvalue weighted by Crippen LogP contribution is 2.62. The number of nitrogens with zero attached hydrogens (tertiary/aromatic N) is 3. The molecule has 23 heavy (non-hydrogen) atoms. The molecule has 0 aromatic rings. The average molecular weight is 343 g/mol. The first kappa shape index (κ1) is 17.2. The van der Waals surface area contributed by atoms with Gasteiger partial charge in [-0.2, -0.15) is 0 Å². The van der Waals surface area contributed by atoms with E-state index < -0.39 is 10.0 Å². The number of sulfonamides is 1. The van der Waals surface area contributed by atoms with Crippen LogP contribution in [0.4, 0.5) is 0 Å². The normalized spacial score (nSPS) is 34.7. The molecule has 1 saturated carbocycles. The molecule has 132 valence electrons. The first-order valence-electron chi connectivity index (χ1n) is 8.46. The monoisotopic (exact) mass is 343 g/mol. The van der Waals surface area contributed by atoms with Crippen molar-refractivity contribution in [2.45, 2.75) is 25.7 Å². The Morgan fingerprint density at radius 2 is 1.74 bits per heavy atom. The van der Waals surface area contributed by atoms with E-state index in [0.29, 0.717) is 19.0 Å². The van der Waals surface area contributed by atoms with Crippen molar-refractivity contribution in [3.63, 3.8) is 0 Å². The van der Waals surface area contributed by atoms with E-state index in [1.54, 1.807) is 9.21 Å². The summed E-state index contributed by atoms with van der Waals surface area (Å²) < 4.78 is 25.2. The number of carbonyl (C=O) groups excluding carboxylic acids is 1. The van der Waals surface area contributed by atoms with Gasteiger partial charge in [0, 0.05) is 40.3 Å². The summed E-state index contributed by atoms with van der Waals surface area (Å²) in [5, 5.41) is 0. The third-order valence-corrected chi connectivity index (χ3v) is 7.84. The van der Waals surface area contributed by atoms with Gasteiger partial charge in [0.1, 0.15) is 0 Å². The largest absolute Gasteiger partial charge is 0.348 e. The summed E-state index contributed by atoms with van der Waals surface area (Å²) in [4.78, 5) is 17.0. The maximum absolute atomic E-state index is 12.9. The van der Waals surface area contributed by atoms with Crippen LogP contribution in [-0.4, -0.2) is 82.0 Å². The number of rotatable bonds is 2. The van der Waals surface area contributed by atoms with E-state index in [4.69, 9.17) is 0 Å². The van der Waals surface area contributed by atoms with E-state index in [2.05, 4.69) is 11.9 Å². The van der Waals surface area contributed by atoms with Gasteiger partial charge in [0.25, 0.3) is 0 Å². The van der Waals surface area contributed by atoms with Crippen molar-refractivity contribution in [2.75, 3.05) is 53.6 Å². The molecule has 6 nitrogen and oxygen atoms in total. The van der Waals surface area contributed by atoms with E-state index >= 15 is 0 Å². The van der Waals surface area contributed by atoms with Gasteiger partial charge in [-0.25, -0.2) is 12.7 Å². The third-order valence-electron chi connectivity index (χ3n) is 6.54. The Morgan fingerprint density at radius 3 is 2.26 bits per heavy atom. The fraction of sp³-hybridized carbons (Fsp3) is 0.938.